The second kappa shape index (κ2) is 6.34. The van der Waals surface area contributed by atoms with E-state index in [2.05, 4.69) is 20.1 Å². The van der Waals surface area contributed by atoms with Crippen molar-refractivity contribution in [1.29, 1.82) is 0 Å². The molecule has 2 rings (SSSR count). The zero-order chi connectivity index (χ0) is 13.8. The van der Waals surface area contributed by atoms with Gasteiger partial charge in [-0.05, 0) is 35.3 Å². The van der Waals surface area contributed by atoms with Crippen molar-refractivity contribution in [2.24, 2.45) is 5.16 Å². The van der Waals surface area contributed by atoms with Gasteiger partial charge in [0.15, 0.2) is 0 Å². The normalized spacial score (nSPS) is 10.9. The predicted molar refractivity (Wildman–Crippen MR) is 74.5 cm³/mol. The zero-order valence-corrected chi connectivity index (χ0v) is 12.0. The molecule has 2 aromatic rings. The molecule has 0 radical (unpaired) electrons. The highest BCUT2D eigenvalue weighted by molar-refractivity contribution is 6.36. The number of oxime groups is 1. The molecule has 0 saturated heterocycles. The van der Waals surface area contributed by atoms with Crippen LogP contribution in [0.4, 0.5) is 0 Å². The van der Waals surface area contributed by atoms with Crippen LogP contribution in [0.15, 0.2) is 23.4 Å². The summed E-state index contributed by atoms with van der Waals surface area (Å²) in [6, 6.07) is 4.82. The second-order valence-electron chi connectivity index (χ2n) is 3.15. The lowest BCUT2D eigenvalue weighted by Crippen LogP contribution is -1.95. The largest absolute Gasteiger partial charge is 0.351 e. The van der Waals surface area contributed by atoms with E-state index in [0.717, 1.165) is 0 Å². The van der Waals surface area contributed by atoms with Crippen molar-refractivity contribution < 1.29 is 4.84 Å². The molecule has 1 aromatic heterocycles. The summed E-state index contributed by atoms with van der Waals surface area (Å²) in [6.45, 7) is 0. The molecule has 98 valence electrons. The average molecular weight is 338 g/mol. The van der Waals surface area contributed by atoms with E-state index in [4.69, 9.17) is 51.2 Å². The molecule has 9 heteroatoms. The van der Waals surface area contributed by atoms with Gasteiger partial charge >= 0.3 is 6.01 Å². The maximum atomic E-state index is 5.95. The fourth-order valence-corrected chi connectivity index (χ4v) is 1.89. The monoisotopic (exact) mass is 336 g/mol. The lowest BCUT2D eigenvalue weighted by atomic mass is 10.2. The van der Waals surface area contributed by atoms with E-state index >= 15 is 0 Å². The van der Waals surface area contributed by atoms with Gasteiger partial charge < -0.3 is 4.84 Å². The van der Waals surface area contributed by atoms with Crippen LogP contribution >= 0.6 is 46.4 Å². The molecule has 19 heavy (non-hydrogen) atoms. The molecule has 0 atom stereocenters. The summed E-state index contributed by atoms with van der Waals surface area (Å²) in [6.07, 6.45) is 1.38. The Bertz CT molecular complexity index is 615. The van der Waals surface area contributed by atoms with E-state index in [1.807, 2.05) is 0 Å². The summed E-state index contributed by atoms with van der Waals surface area (Å²) in [5.74, 6) is 0. The molecular weight excluding hydrogens is 334 g/mol. The Morgan fingerprint density at radius 3 is 2.32 bits per heavy atom. The number of nitrogens with zero attached hydrogens (tertiary/aromatic N) is 4. The first kappa shape index (κ1) is 14.3. The maximum absolute atomic E-state index is 5.95. The number of benzene rings is 1. The first-order valence-electron chi connectivity index (χ1n) is 4.77. The van der Waals surface area contributed by atoms with Crippen LogP contribution in [0.3, 0.4) is 0 Å². The van der Waals surface area contributed by atoms with Gasteiger partial charge in [0.25, 0.3) is 0 Å². The average Bonchev–Trinajstić information content (AvgIpc) is 2.30. The second-order valence-corrected chi connectivity index (χ2v) is 4.67. The van der Waals surface area contributed by atoms with E-state index in [1.165, 1.54) is 6.21 Å². The Kier molecular flexibility index (Phi) is 4.76. The summed E-state index contributed by atoms with van der Waals surface area (Å²) in [5.41, 5.74) is 0.623. The van der Waals surface area contributed by atoms with Crippen LogP contribution in [-0.4, -0.2) is 21.2 Å². The molecule has 1 aromatic carbocycles. The third-order valence-corrected chi connectivity index (χ3v) is 2.75. The number of aromatic nitrogens is 3. The summed E-state index contributed by atoms with van der Waals surface area (Å²) in [5, 5.41) is 4.45. The van der Waals surface area contributed by atoms with Crippen molar-refractivity contribution in [2.75, 3.05) is 0 Å². The van der Waals surface area contributed by atoms with Crippen LogP contribution in [0.25, 0.3) is 0 Å². The Labute approximate surface area is 128 Å². The molecule has 0 spiro atoms. The van der Waals surface area contributed by atoms with Gasteiger partial charge in [-0.3, -0.25) is 0 Å². The molecule has 0 aliphatic carbocycles. The molecule has 0 aliphatic rings. The summed E-state index contributed by atoms with van der Waals surface area (Å²) < 4.78 is 0. The zero-order valence-electron chi connectivity index (χ0n) is 9.02. The van der Waals surface area contributed by atoms with E-state index < -0.39 is 0 Å². The molecule has 5 nitrogen and oxygen atoms in total. The fourth-order valence-electron chi connectivity index (χ4n) is 1.09. The van der Waals surface area contributed by atoms with Crippen molar-refractivity contribution in [3.63, 3.8) is 0 Å². The Morgan fingerprint density at radius 2 is 1.68 bits per heavy atom. The van der Waals surface area contributed by atoms with Crippen molar-refractivity contribution >= 4 is 52.6 Å². The molecule has 0 amide bonds. The van der Waals surface area contributed by atoms with Gasteiger partial charge in [-0.25, -0.2) is 0 Å². The van der Waals surface area contributed by atoms with Crippen LogP contribution in [0.1, 0.15) is 5.56 Å². The van der Waals surface area contributed by atoms with Crippen LogP contribution in [-0.2, 0) is 0 Å². The standard InChI is InChI=1S/C10H4Cl4N4O/c11-6-2-1-5(7(12)3-6)4-15-19-10-17-8(13)16-9(14)18-10/h1-4H. The van der Waals surface area contributed by atoms with E-state index in [0.29, 0.717) is 15.6 Å². The predicted octanol–water partition coefficient (Wildman–Crippen LogP) is 3.90. The fraction of sp³-hybridized carbons (Fsp3) is 0. The molecule has 0 fully saturated rings. The van der Waals surface area contributed by atoms with Crippen molar-refractivity contribution in [3.05, 3.63) is 44.4 Å². The highest BCUT2D eigenvalue weighted by atomic mass is 35.5. The van der Waals surface area contributed by atoms with Crippen LogP contribution < -0.4 is 4.84 Å². The molecule has 0 aliphatic heterocycles. The summed E-state index contributed by atoms with van der Waals surface area (Å²) >= 11 is 22.9. The topological polar surface area (TPSA) is 60.3 Å². The van der Waals surface area contributed by atoms with Gasteiger partial charge in [-0.15, -0.1) is 0 Å². The van der Waals surface area contributed by atoms with Crippen LogP contribution in [0.5, 0.6) is 6.01 Å². The first-order valence-corrected chi connectivity index (χ1v) is 6.28. The van der Waals surface area contributed by atoms with E-state index in [-0.39, 0.29) is 16.6 Å². The van der Waals surface area contributed by atoms with Crippen LogP contribution in [0.2, 0.25) is 20.6 Å². The highest BCUT2D eigenvalue weighted by Crippen LogP contribution is 2.19. The van der Waals surface area contributed by atoms with Crippen molar-refractivity contribution in [2.45, 2.75) is 0 Å². The molecule has 0 unspecified atom stereocenters. The quantitative estimate of drug-likeness (QED) is 0.629. The Hall–Kier alpha value is -1.14. The molecular formula is C10H4Cl4N4O. The third-order valence-electron chi connectivity index (χ3n) is 1.85. The smallest absolute Gasteiger partial charge is 0.315 e. The van der Waals surface area contributed by atoms with Crippen molar-refractivity contribution in [3.8, 4) is 6.01 Å². The third kappa shape index (κ3) is 4.18. The van der Waals surface area contributed by atoms with Gasteiger partial charge in [-0.2, -0.15) is 15.0 Å². The SMILES string of the molecule is Clc1ccc(C=NOc2nc(Cl)nc(Cl)n2)c(Cl)c1. The number of halogens is 4. The minimum atomic E-state index is -0.119. The lowest BCUT2D eigenvalue weighted by Gasteiger charge is -1.99. The minimum absolute atomic E-state index is 0.0882. The van der Waals surface area contributed by atoms with Gasteiger partial charge in [0.1, 0.15) is 0 Å². The highest BCUT2D eigenvalue weighted by Gasteiger charge is 2.04. The van der Waals surface area contributed by atoms with Crippen LogP contribution in [0, 0.1) is 0 Å². The number of rotatable bonds is 3. The molecule has 1 heterocycles. The lowest BCUT2D eigenvalue weighted by molar-refractivity contribution is 0.314. The summed E-state index contributed by atoms with van der Waals surface area (Å²) in [7, 11) is 0. The molecule has 0 bridgehead atoms. The van der Waals surface area contributed by atoms with Gasteiger partial charge in [0.05, 0.1) is 11.2 Å². The van der Waals surface area contributed by atoms with E-state index in [1.54, 1.807) is 18.2 Å². The number of hydrogen-bond acceptors (Lipinski definition) is 5. The van der Waals surface area contributed by atoms with Gasteiger partial charge in [0, 0.05) is 10.6 Å². The molecule has 0 N–H and O–H groups in total. The van der Waals surface area contributed by atoms with Crippen molar-refractivity contribution in [1.82, 2.24) is 15.0 Å². The first-order chi connectivity index (χ1) is 9.04. The Balaban J connectivity index is 2.11. The maximum Gasteiger partial charge on any atom is 0.351 e. The number of hydrogen-bond donors (Lipinski definition) is 0. The minimum Gasteiger partial charge on any atom is -0.315 e. The molecule has 0 saturated carbocycles. The van der Waals surface area contributed by atoms with E-state index in [9.17, 15) is 0 Å². The van der Waals surface area contributed by atoms with Gasteiger partial charge in [-0.1, -0.05) is 34.4 Å². The summed E-state index contributed by atoms with van der Waals surface area (Å²) in [4.78, 5) is 15.8. The Morgan fingerprint density at radius 1 is 1.00 bits per heavy atom. The van der Waals surface area contributed by atoms with Gasteiger partial charge in [0.2, 0.25) is 10.6 Å².